The Morgan fingerprint density at radius 2 is 0.655 bits per heavy atom. The molecule has 15 saturated carbocycles. The molecule has 9 nitrogen and oxygen atoms in total. The minimum absolute atomic E-state index is 0.00762. The van der Waals surface area contributed by atoms with Gasteiger partial charge in [-0.25, -0.2) is 24.9 Å². The number of alkyl halides is 11. The lowest BCUT2D eigenvalue weighted by molar-refractivity contribution is -0.144. The van der Waals surface area contributed by atoms with Crippen LogP contribution in [0.4, 0.5) is 48.3 Å². The zero-order chi connectivity index (χ0) is 83.8. The molecule has 0 aliphatic heterocycles. The molecule has 2 amide bonds. The second-order valence-electron chi connectivity index (χ2n) is 36.7. The molecule has 15 aliphatic carbocycles. The Bertz CT molecular complexity index is 4210. The summed E-state index contributed by atoms with van der Waals surface area (Å²) in [6.07, 6.45) is 58.1. The Labute approximate surface area is 699 Å². The molecule has 0 saturated heterocycles. The highest BCUT2D eigenvalue weighted by atomic mass is 32.1. The number of carbonyl (C=O) groups is 2. The monoisotopic (exact) mass is 1710 g/mol. The maximum absolute atomic E-state index is 13.0. The lowest BCUT2D eigenvalue weighted by Gasteiger charge is -2.69. The molecule has 2 N–H and O–H groups in total. The zero-order valence-corrected chi connectivity index (χ0v) is 73.1. The molecule has 5 heterocycles. The van der Waals surface area contributed by atoms with E-state index >= 15 is 0 Å². The van der Waals surface area contributed by atoms with Crippen molar-refractivity contribution in [3.05, 3.63) is 177 Å². The molecule has 0 unspecified atom stereocenters. The smallest absolute Gasteiger partial charge is 0.351 e. The molecule has 0 atom stereocenters. The van der Waals surface area contributed by atoms with Crippen molar-refractivity contribution in [1.29, 1.82) is 0 Å². The third-order valence-electron chi connectivity index (χ3n) is 25.1. The number of hydrogen-bond acceptors (Lipinski definition) is 12. The summed E-state index contributed by atoms with van der Waals surface area (Å²) in [5.74, 6) is -2.53. The van der Waals surface area contributed by atoms with Gasteiger partial charge >= 0.3 is 18.5 Å². The van der Waals surface area contributed by atoms with Crippen molar-refractivity contribution >= 4 is 68.5 Å². The van der Waals surface area contributed by atoms with E-state index in [4.69, 9.17) is 4.98 Å². The van der Waals surface area contributed by atoms with Crippen LogP contribution in [-0.4, -0.2) is 47.8 Å². The average molecular weight is 1710 g/mol. The molecule has 5 aromatic rings. The highest BCUT2D eigenvalue weighted by Crippen LogP contribution is 2.76. The molecule has 116 heavy (non-hydrogen) atoms. The van der Waals surface area contributed by atoms with Crippen LogP contribution in [0.2, 0.25) is 0 Å². The summed E-state index contributed by atoms with van der Waals surface area (Å²) < 4.78 is 139. The molecule has 0 radical (unpaired) electrons. The van der Waals surface area contributed by atoms with Crippen LogP contribution in [0.3, 0.4) is 0 Å². The number of unbranched alkanes of at least 4 members (excludes halogenated alkanes) is 8. The minimum Gasteiger partial charge on any atom is -0.351 e. The zero-order valence-electron chi connectivity index (χ0n) is 69.0. The van der Waals surface area contributed by atoms with Gasteiger partial charge < -0.3 is 10.6 Å². The average Bonchev–Trinajstić information content (AvgIpc) is 1.06. The van der Waals surface area contributed by atoms with Crippen LogP contribution in [0.15, 0.2) is 113 Å². The number of hydrogen-bond donors (Lipinski definition) is 2. The van der Waals surface area contributed by atoms with Crippen LogP contribution in [-0.2, 0) is 61.1 Å². The van der Waals surface area contributed by atoms with Crippen molar-refractivity contribution in [2.75, 3.05) is 0 Å². The van der Waals surface area contributed by atoms with Crippen molar-refractivity contribution in [2.45, 2.75) is 350 Å². The highest BCUT2D eigenvalue weighted by Gasteiger charge is 2.73. The van der Waals surface area contributed by atoms with Crippen molar-refractivity contribution in [2.24, 2.45) is 16.2 Å². The topological polar surface area (TPSA) is 123 Å². The van der Waals surface area contributed by atoms with E-state index in [1.165, 1.54) is 102 Å². The van der Waals surface area contributed by atoms with Gasteiger partial charge in [-0.3, -0.25) is 9.59 Å². The second kappa shape index (κ2) is 36.9. The summed E-state index contributed by atoms with van der Waals surface area (Å²) in [6.45, 7) is 17.8. The largest absolute Gasteiger partial charge is 0.434 e. The normalized spacial score (nSPS) is 29.3. The van der Waals surface area contributed by atoms with Crippen molar-refractivity contribution in [1.82, 2.24) is 35.6 Å². The van der Waals surface area contributed by atoms with E-state index in [2.05, 4.69) is 176 Å². The summed E-state index contributed by atoms with van der Waals surface area (Å²) in [7, 11) is 0. The van der Waals surface area contributed by atoms with E-state index < -0.39 is 41.5 Å². The fraction of sp³-hybridized carbons (Fsp3) is 0.637. The third kappa shape index (κ3) is 22.1. The number of amides is 2. The maximum Gasteiger partial charge on any atom is 0.434 e. The van der Waals surface area contributed by atoms with Gasteiger partial charge in [0.15, 0.2) is 17.1 Å². The van der Waals surface area contributed by atoms with Gasteiger partial charge in [0.05, 0.1) is 30.7 Å². The Kier molecular flexibility index (Phi) is 28.9. The van der Waals surface area contributed by atoms with Crippen LogP contribution >= 0.6 is 56.7 Å². The van der Waals surface area contributed by atoms with E-state index in [1.54, 1.807) is 0 Å². The molecule has 636 valence electrons. The van der Waals surface area contributed by atoms with E-state index in [-0.39, 0.29) is 55.7 Å². The van der Waals surface area contributed by atoms with Crippen molar-refractivity contribution < 1.29 is 57.9 Å². The lowest BCUT2D eigenvalue weighted by atomic mass is 9.36. The molecular formula is C91H118F11N7O2S5. The summed E-state index contributed by atoms with van der Waals surface area (Å²) in [5.41, 5.74) is 0.291. The van der Waals surface area contributed by atoms with Crippen LogP contribution < -0.4 is 10.6 Å². The molecule has 0 aromatic carbocycles. The first-order chi connectivity index (χ1) is 54.7. The highest BCUT2D eigenvalue weighted by molar-refractivity contribution is 7.12. The second-order valence-corrected chi connectivity index (χ2v) is 41.7. The van der Waals surface area contributed by atoms with Gasteiger partial charge in [0, 0.05) is 83.8 Å². The number of halogens is 11. The molecule has 0 spiro atoms. The number of nitrogens with one attached hydrogen (secondary N) is 2. The SMILES string of the molecule is CC12CC(c3nc(C(C)(F)F)cs3)(C1)C2.CC12CC(c3nc(C(F)(F)F)cs3)(C1)C2.CCCCC/C=C\C/C=C\C/C=C\C/C=C\CCCC(=O)NC12CC(c3nc(C(F)(F)F)cs3)(C1)C2.CCCCC/C=C\C/C=C\C/C=C\C/C=C\CCCC(=O)NC12CC(c3nc(C)c(C)s3)(C1)C2.Cc1sc(C23CC(C)(C2)C3)nc1C(F)(F)F. The number of nitrogens with zero attached hydrogens (tertiary/aromatic N) is 5. The quantitative estimate of drug-likeness (QED) is 0.0233. The van der Waals surface area contributed by atoms with Gasteiger partial charge in [-0.2, -0.15) is 48.3 Å². The van der Waals surface area contributed by atoms with Gasteiger partial charge in [0.25, 0.3) is 5.92 Å². The Balaban J connectivity index is 0.000000150. The van der Waals surface area contributed by atoms with E-state index in [1.807, 2.05) is 11.3 Å². The Morgan fingerprint density at radius 1 is 0.371 bits per heavy atom. The van der Waals surface area contributed by atoms with Crippen LogP contribution in [0.5, 0.6) is 0 Å². The Hall–Kier alpha value is -5.76. The van der Waals surface area contributed by atoms with Crippen LogP contribution in [0.25, 0.3) is 0 Å². The first kappa shape index (κ1) is 91.0. The molecule has 20 rings (SSSR count). The van der Waals surface area contributed by atoms with Crippen molar-refractivity contribution in [3.8, 4) is 0 Å². The standard InChI is InChI=1S/C30H44N2OS.C29H39F3N2OS.C11H12F3NS.C11H13F2NS.C10H10F3NS/c1-4-5-6-7-8-9-10-11-12-13-14-15-16-17-18-19-20-21-27(33)32-30-22-29(23-30,24-30)28-31-25(2)26(3)34-28;1-2-3-4-5-6-7-8-9-10-11-12-13-14-15-16-17-18-19-25(35)34-28-21-27(22-28,23-28)26-33-24(20-36-26)29(30,31)32;1-6-7(11(12,13)14)15-8(16-6)10-3-9(2,4-10)5-10;1-9-4-11(5-9,6-9)8-14-7(3-15-8)10(2,12)13;1-8-3-9(4-8,5-8)7-14-6(2-15-7)10(11,12)13/h8-9,11-12,14-15,17-18H,4-7,10,13,16,19-24H2,1-3H3,(H,32,33);6-7,9-10,12-13,15-16,20H,2-5,8,11,14,17-19,21-23H2,1H3,(H,34,35);3-5H2,1-2H3;3H,4-6H2,1-2H3;2H,3-5H2,1H3/b9-8-,12-11-,15-14-,18-17-;7-6-,10-9-,13-12-,16-15-;;;. The van der Waals surface area contributed by atoms with E-state index in [9.17, 15) is 57.9 Å². The van der Waals surface area contributed by atoms with E-state index in [0.717, 1.165) is 187 Å². The van der Waals surface area contributed by atoms with Gasteiger partial charge in [-0.1, -0.05) is 158 Å². The number of carbonyl (C=O) groups excluding carboxylic acids is 2. The van der Waals surface area contributed by atoms with E-state index in [0.29, 0.717) is 68.2 Å². The molecule has 15 aliphatic rings. The van der Waals surface area contributed by atoms with Crippen LogP contribution in [0, 0.1) is 37.0 Å². The van der Waals surface area contributed by atoms with Gasteiger partial charge in [-0.15, -0.1) is 56.7 Å². The number of allylic oxidation sites excluding steroid dienone is 16. The maximum atomic E-state index is 13.0. The Morgan fingerprint density at radius 3 is 0.931 bits per heavy atom. The summed E-state index contributed by atoms with van der Waals surface area (Å²) in [5, 5.41) is 14.4. The number of aryl methyl sites for hydroxylation is 3. The first-order valence-electron chi connectivity index (χ1n) is 41.9. The molecule has 25 heteroatoms. The number of rotatable bonds is 36. The van der Waals surface area contributed by atoms with Gasteiger partial charge in [0.1, 0.15) is 5.69 Å². The predicted octanol–water partition coefficient (Wildman–Crippen LogP) is 28.0. The predicted molar refractivity (Wildman–Crippen MR) is 450 cm³/mol. The fourth-order valence-electron chi connectivity index (χ4n) is 20.1. The fourth-order valence-corrected chi connectivity index (χ4v) is 25.4. The number of aromatic nitrogens is 5. The number of thiazole rings is 5. The first-order valence-corrected chi connectivity index (χ1v) is 46.2. The molecule has 5 aromatic heterocycles. The van der Waals surface area contributed by atoms with Crippen LogP contribution in [0.1, 0.15) is 330 Å². The molecular weight excluding hydrogens is 1590 g/mol. The van der Waals surface area contributed by atoms with Crippen molar-refractivity contribution in [3.63, 3.8) is 0 Å². The molecule has 15 fully saturated rings. The van der Waals surface area contributed by atoms with Gasteiger partial charge in [-0.05, 0) is 223 Å². The lowest BCUT2D eigenvalue weighted by Crippen LogP contribution is -2.76. The van der Waals surface area contributed by atoms with Gasteiger partial charge in [0.2, 0.25) is 11.8 Å². The third-order valence-corrected chi connectivity index (χ3v) is 30.9. The summed E-state index contributed by atoms with van der Waals surface area (Å²) >= 11 is 6.73. The minimum atomic E-state index is -4.39. The summed E-state index contributed by atoms with van der Waals surface area (Å²) in [6, 6.07) is 0. The summed E-state index contributed by atoms with van der Waals surface area (Å²) in [4.78, 5) is 46.6. The molecule has 10 bridgehead atoms.